The van der Waals surface area contributed by atoms with Crippen LogP contribution in [0.5, 0.6) is 11.5 Å². The van der Waals surface area contributed by atoms with Crippen molar-refractivity contribution in [2.24, 2.45) is 0 Å². The van der Waals surface area contributed by atoms with Crippen molar-refractivity contribution in [3.8, 4) is 33.8 Å². The Morgan fingerprint density at radius 2 is 1.55 bits per heavy atom. The van der Waals surface area contributed by atoms with Crippen LogP contribution in [-0.2, 0) is 0 Å². The Bertz CT molecular complexity index is 1480. The highest BCUT2D eigenvalue weighted by molar-refractivity contribution is 5.91. The van der Waals surface area contributed by atoms with Crippen LogP contribution in [0.25, 0.3) is 22.3 Å². The van der Waals surface area contributed by atoms with Gasteiger partial charge in [-0.15, -0.1) is 6.58 Å². The topological polar surface area (TPSA) is 55.8 Å². The van der Waals surface area contributed by atoms with Crippen LogP contribution in [0.4, 0.5) is 13.2 Å². The zero-order chi connectivity index (χ0) is 28.6. The number of rotatable bonds is 11. The van der Waals surface area contributed by atoms with Gasteiger partial charge in [-0.1, -0.05) is 55.8 Å². The molecule has 0 bridgehead atoms. The van der Waals surface area contributed by atoms with E-state index in [1.807, 2.05) is 6.92 Å². The molecule has 1 N–H and O–H groups in total. The van der Waals surface area contributed by atoms with Gasteiger partial charge in [0.1, 0.15) is 11.6 Å². The fourth-order valence-corrected chi connectivity index (χ4v) is 4.18. The molecule has 40 heavy (non-hydrogen) atoms. The van der Waals surface area contributed by atoms with Crippen LogP contribution in [0.1, 0.15) is 48.2 Å². The number of aliphatic hydroxyl groups is 1. The normalized spacial score (nSPS) is 11.6. The van der Waals surface area contributed by atoms with Crippen LogP contribution in [0, 0.1) is 17.5 Å². The number of aliphatic hydroxyl groups excluding tert-OH is 1. The molecule has 0 saturated heterocycles. The molecule has 4 aromatic rings. The summed E-state index contributed by atoms with van der Waals surface area (Å²) in [7, 11) is 0. The second-order valence-electron chi connectivity index (χ2n) is 9.20. The second-order valence-corrected chi connectivity index (χ2v) is 9.20. The van der Waals surface area contributed by atoms with E-state index in [1.54, 1.807) is 42.5 Å². The quantitative estimate of drug-likeness (QED) is 0.0888. The predicted molar refractivity (Wildman–Crippen MR) is 149 cm³/mol. The van der Waals surface area contributed by atoms with Crippen molar-refractivity contribution in [1.82, 2.24) is 0 Å². The molecule has 1 unspecified atom stereocenters. The number of esters is 1. The zero-order valence-corrected chi connectivity index (χ0v) is 22.0. The maximum Gasteiger partial charge on any atom is 0.343 e. The lowest BCUT2D eigenvalue weighted by Crippen LogP contribution is -2.10. The van der Waals surface area contributed by atoms with E-state index in [1.165, 1.54) is 42.5 Å². The molecule has 7 heteroatoms. The largest absolute Gasteiger partial charge is 0.493 e. The molecule has 0 radical (unpaired) electrons. The third-order valence-corrected chi connectivity index (χ3v) is 6.38. The molecular weight excluding hydrogens is 517 g/mol. The van der Waals surface area contributed by atoms with Crippen LogP contribution in [-0.4, -0.2) is 17.7 Å². The van der Waals surface area contributed by atoms with Crippen LogP contribution in [0.2, 0.25) is 0 Å². The minimum atomic E-state index is -1.30. The summed E-state index contributed by atoms with van der Waals surface area (Å²) in [5, 5.41) is 10.1. The summed E-state index contributed by atoms with van der Waals surface area (Å²) in [5.74, 6) is -3.99. The summed E-state index contributed by atoms with van der Waals surface area (Å²) in [4.78, 5) is 12.6. The lowest BCUT2D eigenvalue weighted by Gasteiger charge is -2.12. The number of carbonyl (C=O) groups excluding carboxylic acids is 1. The third-order valence-electron chi connectivity index (χ3n) is 6.38. The Hall–Kier alpha value is -4.36. The molecule has 0 amide bonds. The number of benzene rings is 4. The van der Waals surface area contributed by atoms with Crippen LogP contribution >= 0.6 is 0 Å². The lowest BCUT2D eigenvalue weighted by atomic mass is 9.99. The highest BCUT2D eigenvalue weighted by Crippen LogP contribution is 2.32. The molecule has 1 atom stereocenters. The molecule has 0 spiro atoms. The molecule has 0 saturated carbocycles. The standard InChI is InChI=1S/C33H29F3O4/c1-3-5-19-39-25-15-16-26(28(34)20-25)21-9-13-24(14-10-21)33(38)40-30-18-17-27(31(35)32(30)36)22-7-11-23(12-8-22)29(37)6-4-2/h3,7-18,20,29,37H,1,4-6,19H2,2H3. The van der Waals surface area contributed by atoms with Crippen molar-refractivity contribution in [3.05, 3.63) is 120 Å². The van der Waals surface area contributed by atoms with Crippen molar-refractivity contribution in [3.63, 3.8) is 0 Å². The first-order valence-corrected chi connectivity index (χ1v) is 12.9. The van der Waals surface area contributed by atoms with Gasteiger partial charge in [0.05, 0.1) is 18.3 Å². The van der Waals surface area contributed by atoms with E-state index in [2.05, 4.69) is 6.58 Å². The molecule has 0 aliphatic rings. The fraction of sp³-hybridized carbons (Fsp3) is 0.182. The van der Waals surface area contributed by atoms with E-state index in [9.17, 15) is 23.1 Å². The van der Waals surface area contributed by atoms with Gasteiger partial charge in [0, 0.05) is 17.2 Å². The van der Waals surface area contributed by atoms with Crippen LogP contribution < -0.4 is 9.47 Å². The average molecular weight is 547 g/mol. The summed E-state index contributed by atoms with van der Waals surface area (Å²) >= 11 is 0. The van der Waals surface area contributed by atoms with E-state index in [4.69, 9.17) is 9.47 Å². The van der Waals surface area contributed by atoms with Crippen molar-refractivity contribution in [2.75, 3.05) is 6.61 Å². The zero-order valence-electron chi connectivity index (χ0n) is 22.0. The van der Waals surface area contributed by atoms with Gasteiger partial charge in [0.25, 0.3) is 0 Å². The summed E-state index contributed by atoms with van der Waals surface area (Å²) < 4.78 is 55.0. The van der Waals surface area contributed by atoms with Crippen LogP contribution in [0.3, 0.4) is 0 Å². The van der Waals surface area contributed by atoms with Crippen molar-refractivity contribution in [1.29, 1.82) is 0 Å². The summed E-state index contributed by atoms with van der Waals surface area (Å²) in [6, 6.07) is 19.5. The maximum absolute atomic E-state index is 14.9. The number of halogens is 3. The van der Waals surface area contributed by atoms with Crippen LogP contribution in [0.15, 0.2) is 91.5 Å². The van der Waals surface area contributed by atoms with Gasteiger partial charge in [-0.05, 0) is 65.9 Å². The molecule has 4 rings (SSSR count). The number of carbonyl (C=O) groups is 1. The van der Waals surface area contributed by atoms with E-state index >= 15 is 0 Å². The summed E-state index contributed by atoms with van der Waals surface area (Å²) in [6.07, 6.45) is 3.13. The molecule has 206 valence electrons. The molecule has 0 aliphatic carbocycles. The minimum absolute atomic E-state index is 0.00247. The van der Waals surface area contributed by atoms with Gasteiger partial charge in [-0.2, -0.15) is 4.39 Å². The van der Waals surface area contributed by atoms with Gasteiger partial charge in [0.2, 0.25) is 5.82 Å². The van der Waals surface area contributed by atoms with Gasteiger partial charge >= 0.3 is 5.97 Å². The van der Waals surface area contributed by atoms with E-state index in [0.717, 1.165) is 6.42 Å². The smallest absolute Gasteiger partial charge is 0.343 e. The Kier molecular flexibility index (Phi) is 9.40. The van der Waals surface area contributed by atoms with E-state index in [0.29, 0.717) is 47.5 Å². The Morgan fingerprint density at radius 3 is 2.20 bits per heavy atom. The number of ether oxygens (including phenoxy) is 2. The Labute approximate surface area is 231 Å². The number of hydrogen-bond acceptors (Lipinski definition) is 4. The summed E-state index contributed by atoms with van der Waals surface area (Å²) in [6.45, 7) is 5.97. The van der Waals surface area contributed by atoms with Crippen molar-refractivity contribution < 1.29 is 32.5 Å². The molecule has 4 nitrogen and oxygen atoms in total. The SMILES string of the molecule is C=CCCOc1ccc(-c2ccc(C(=O)Oc3ccc(-c4ccc(C(O)CCC)cc4)c(F)c3F)cc2)c(F)c1. The first-order chi connectivity index (χ1) is 19.3. The molecule has 0 fully saturated rings. The van der Waals surface area contributed by atoms with Gasteiger partial charge in [0.15, 0.2) is 11.6 Å². The fourth-order valence-electron chi connectivity index (χ4n) is 4.18. The average Bonchev–Trinajstić information content (AvgIpc) is 2.96. The van der Waals surface area contributed by atoms with Crippen molar-refractivity contribution in [2.45, 2.75) is 32.3 Å². The first kappa shape index (κ1) is 28.6. The monoisotopic (exact) mass is 546 g/mol. The summed E-state index contributed by atoms with van der Waals surface area (Å²) in [5.41, 5.74) is 2.02. The molecule has 0 aliphatic heterocycles. The Morgan fingerprint density at radius 1 is 0.900 bits per heavy atom. The van der Waals surface area contributed by atoms with Gasteiger partial charge < -0.3 is 14.6 Å². The Balaban J connectivity index is 1.46. The highest BCUT2D eigenvalue weighted by Gasteiger charge is 2.19. The van der Waals surface area contributed by atoms with E-state index in [-0.39, 0.29) is 11.1 Å². The van der Waals surface area contributed by atoms with Gasteiger partial charge in [-0.3, -0.25) is 0 Å². The molecule has 0 heterocycles. The van der Waals surface area contributed by atoms with E-state index < -0.39 is 35.3 Å². The number of hydrogen-bond donors (Lipinski definition) is 1. The highest BCUT2D eigenvalue weighted by atomic mass is 19.2. The minimum Gasteiger partial charge on any atom is -0.493 e. The van der Waals surface area contributed by atoms with Gasteiger partial charge in [-0.25, -0.2) is 13.6 Å². The lowest BCUT2D eigenvalue weighted by molar-refractivity contribution is 0.0726. The first-order valence-electron chi connectivity index (χ1n) is 12.9. The maximum atomic E-state index is 14.9. The molecular formula is C33H29F3O4. The second kappa shape index (κ2) is 13.1. The van der Waals surface area contributed by atoms with Crippen molar-refractivity contribution >= 4 is 5.97 Å². The molecule has 4 aromatic carbocycles. The predicted octanol–water partition coefficient (Wildman–Crippen LogP) is 8.45. The third kappa shape index (κ3) is 6.61. The molecule has 0 aromatic heterocycles.